The SMILES string of the molecule is N=C(N)N.O=[N+]([O-])Nc1nonc1[N+](=O)[O-]. The minimum atomic E-state index is -1.01. The molecule has 13 heteroatoms. The van der Waals surface area contributed by atoms with Gasteiger partial charge in [-0.05, 0) is 4.92 Å². The van der Waals surface area contributed by atoms with Crippen LogP contribution in [0.3, 0.4) is 0 Å². The van der Waals surface area contributed by atoms with E-state index in [1.807, 2.05) is 0 Å². The van der Waals surface area contributed by atoms with Crippen LogP contribution in [0, 0.1) is 25.6 Å². The van der Waals surface area contributed by atoms with Gasteiger partial charge in [0.15, 0.2) is 16.1 Å². The first-order chi connectivity index (χ1) is 7.34. The third-order valence-electron chi connectivity index (χ3n) is 0.841. The van der Waals surface area contributed by atoms with E-state index in [2.05, 4.69) is 26.4 Å². The Kier molecular flexibility index (Phi) is 4.62. The molecule has 0 aliphatic rings. The second-order valence-electron chi connectivity index (χ2n) is 2.02. The summed E-state index contributed by atoms with van der Waals surface area (Å²) in [5, 5.41) is 30.6. The fraction of sp³-hybridized carbons (Fsp3) is 0. The Morgan fingerprint density at radius 3 is 2.25 bits per heavy atom. The van der Waals surface area contributed by atoms with Crippen LogP contribution < -0.4 is 16.9 Å². The summed E-state index contributed by atoms with van der Waals surface area (Å²) in [7, 11) is 0. The lowest BCUT2D eigenvalue weighted by molar-refractivity contribution is -0.447. The number of nitrogens with zero attached hydrogens (tertiary/aromatic N) is 4. The molecule has 13 nitrogen and oxygen atoms in total. The van der Waals surface area contributed by atoms with E-state index in [1.165, 1.54) is 5.43 Å². The van der Waals surface area contributed by atoms with Crippen molar-refractivity contribution in [2.24, 2.45) is 11.5 Å². The smallest absolute Gasteiger partial charge is 0.370 e. The first kappa shape index (κ1) is 13.0. The highest BCUT2D eigenvalue weighted by atomic mass is 16.7. The lowest BCUT2D eigenvalue weighted by Gasteiger charge is -1.88. The number of hydrogen-bond donors (Lipinski definition) is 4. The lowest BCUT2D eigenvalue weighted by atomic mass is 10.7. The third-order valence-corrected chi connectivity index (χ3v) is 0.841. The van der Waals surface area contributed by atoms with Gasteiger partial charge in [-0.15, -0.1) is 4.63 Å². The molecule has 0 atom stereocenters. The number of guanidine groups is 1. The number of rotatable bonds is 3. The normalized spacial score (nSPS) is 8.50. The Morgan fingerprint density at radius 1 is 1.38 bits per heavy atom. The molecule has 0 unspecified atom stereocenters. The highest BCUT2D eigenvalue weighted by molar-refractivity contribution is 5.71. The summed E-state index contributed by atoms with van der Waals surface area (Å²) in [4.78, 5) is 18.9. The zero-order valence-corrected chi connectivity index (χ0v) is 7.48. The van der Waals surface area contributed by atoms with Gasteiger partial charge in [-0.3, -0.25) is 5.41 Å². The summed E-state index contributed by atoms with van der Waals surface area (Å²) in [6.45, 7) is 0. The lowest BCUT2D eigenvalue weighted by Crippen LogP contribution is -2.20. The van der Waals surface area contributed by atoms with Crippen molar-refractivity contribution in [1.29, 1.82) is 5.41 Å². The summed E-state index contributed by atoms with van der Waals surface area (Å²) in [5.74, 6) is -1.79. The van der Waals surface area contributed by atoms with Gasteiger partial charge in [0, 0.05) is 5.16 Å². The average Bonchev–Trinajstić information content (AvgIpc) is 2.49. The number of anilines is 1. The summed E-state index contributed by atoms with van der Waals surface area (Å²) >= 11 is 0. The van der Waals surface area contributed by atoms with E-state index in [9.17, 15) is 20.2 Å². The molecule has 16 heavy (non-hydrogen) atoms. The highest BCUT2D eigenvalue weighted by Gasteiger charge is 2.25. The van der Waals surface area contributed by atoms with Gasteiger partial charge in [0.2, 0.25) is 0 Å². The first-order valence-electron chi connectivity index (χ1n) is 3.32. The van der Waals surface area contributed by atoms with Gasteiger partial charge in [-0.1, -0.05) is 5.43 Å². The van der Waals surface area contributed by atoms with Crippen LogP contribution in [0.1, 0.15) is 0 Å². The summed E-state index contributed by atoms with van der Waals surface area (Å²) in [6, 6.07) is 0. The minimum absolute atomic E-state index is 0.333. The van der Waals surface area contributed by atoms with Gasteiger partial charge >= 0.3 is 11.6 Å². The molecule has 1 aromatic rings. The van der Waals surface area contributed by atoms with Gasteiger partial charge < -0.3 is 21.6 Å². The van der Waals surface area contributed by atoms with Crippen LogP contribution in [0.15, 0.2) is 4.63 Å². The predicted molar refractivity (Wildman–Crippen MR) is 47.7 cm³/mol. The topological polar surface area (TPSA) is 213 Å². The molecule has 0 fully saturated rings. The van der Waals surface area contributed by atoms with Crippen molar-refractivity contribution in [2.45, 2.75) is 0 Å². The molecule has 0 radical (unpaired) electrons. The van der Waals surface area contributed by atoms with E-state index < -0.39 is 21.6 Å². The maximum absolute atomic E-state index is 10.0. The largest absolute Gasteiger partial charge is 0.464 e. The molecule has 0 amide bonds. The fourth-order valence-corrected chi connectivity index (χ4v) is 0.461. The van der Waals surface area contributed by atoms with Gasteiger partial charge in [0.1, 0.15) is 0 Å². The van der Waals surface area contributed by atoms with Crippen molar-refractivity contribution < 1.29 is 14.6 Å². The molecule has 1 rings (SSSR count). The summed E-state index contributed by atoms with van der Waals surface area (Å²) < 4.78 is 3.90. The minimum Gasteiger partial charge on any atom is -0.370 e. The van der Waals surface area contributed by atoms with Crippen LogP contribution in [0.25, 0.3) is 0 Å². The van der Waals surface area contributed by atoms with Crippen LogP contribution in [-0.4, -0.2) is 26.2 Å². The van der Waals surface area contributed by atoms with E-state index in [-0.39, 0.29) is 5.96 Å². The van der Waals surface area contributed by atoms with E-state index in [1.54, 1.807) is 0 Å². The Morgan fingerprint density at radius 2 is 1.88 bits per heavy atom. The zero-order valence-electron chi connectivity index (χ0n) is 7.48. The molecule has 0 aliphatic heterocycles. The van der Waals surface area contributed by atoms with Crippen molar-refractivity contribution >= 4 is 17.6 Å². The molecular weight excluding hydrogens is 228 g/mol. The van der Waals surface area contributed by atoms with Crippen molar-refractivity contribution in [1.82, 2.24) is 10.3 Å². The average molecular weight is 234 g/mol. The molecular formula is C3H6N8O5. The zero-order chi connectivity index (χ0) is 12.7. The van der Waals surface area contributed by atoms with Crippen molar-refractivity contribution in [3.8, 4) is 0 Å². The molecule has 88 valence electrons. The van der Waals surface area contributed by atoms with Crippen LogP contribution in [0.2, 0.25) is 0 Å². The Bertz CT molecular complexity index is 394. The number of aromatic nitrogens is 2. The van der Waals surface area contributed by atoms with Crippen LogP contribution in [0.4, 0.5) is 11.6 Å². The van der Waals surface area contributed by atoms with Crippen LogP contribution in [0.5, 0.6) is 0 Å². The molecule has 0 spiro atoms. The number of hydrazine groups is 1. The maximum Gasteiger partial charge on any atom is 0.464 e. The van der Waals surface area contributed by atoms with Crippen LogP contribution >= 0.6 is 0 Å². The first-order valence-corrected chi connectivity index (χ1v) is 3.32. The third kappa shape index (κ3) is 4.90. The van der Waals surface area contributed by atoms with E-state index in [4.69, 9.17) is 5.41 Å². The number of hydrogen-bond acceptors (Lipinski definition) is 8. The Balaban J connectivity index is 0.000000487. The molecule has 0 aliphatic carbocycles. The molecule has 6 N–H and O–H groups in total. The second kappa shape index (κ2) is 5.68. The van der Waals surface area contributed by atoms with Gasteiger partial charge in [0.25, 0.3) is 0 Å². The van der Waals surface area contributed by atoms with Crippen LogP contribution in [-0.2, 0) is 0 Å². The predicted octanol–water partition coefficient (Wildman–Crippen LogP) is -1.58. The highest BCUT2D eigenvalue weighted by Crippen LogP contribution is 2.17. The van der Waals surface area contributed by atoms with Crippen molar-refractivity contribution in [3.63, 3.8) is 0 Å². The van der Waals surface area contributed by atoms with Crippen molar-refractivity contribution in [2.75, 3.05) is 5.43 Å². The quantitative estimate of drug-likeness (QED) is 0.203. The molecule has 0 bridgehead atoms. The van der Waals surface area contributed by atoms with Gasteiger partial charge in [0.05, 0.1) is 0 Å². The number of nitrogens with two attached hydrogens (primary N) is 2. The Hall–Kier alpha value is -2.99. The monoisotopic (exact) mass is 234 g/mol. The molecule has 1 aromatic heterocycles. The molecule has 1 heterocycles. The number of nitro groups is 2. The standard InChI is InChI=1S/C2HN5O5.CH5N3/c8-6(9)2-1(3-7(10)11)4-12-5-2;2-1(3)4/h(H,3,4);(H5,2,3,4). The summed E-state index contributed by atoms with van der Waals surface area (Å²) in [5.41, 5.74) is 10.4. The fourth-order valence-electron chi connectivity index (χ4n) is 0.461. The Labute approximate surface area is 86.1 Å². The van der Waals surface area contributed by atoms with Gasteiger partial charge in [-0.25, -0.2) is 10.1 Å². The number of nitrogens with one attached hydrogen (secondary N) is 2. The van der Waals surface area contributed by atoms with Crippen molar-refractivity contribution in [3.05, 3.63) is 20.2 Å². The maximum atomic E-state index is 10.0. The summed E-state index contributed by atoms with van der Waals surface area (Å²) in [6.07, 6.45) is 0. The molecule has 0 saturated carbocycles. The molecule has 0 saturated heterocycles. The molecule has 0 aromatic carbocycles. The van der Waals surface area contributed by atoms with E-state index in [0.29, 0.717) is 0 Å². The van der Waals surface area contributed by atoms with E-state index in [0.717, 1.165) is 0 Å². The second-order valence-corrected chi connectivity index (χ2v) is 2.02. The van der Waals surface area contributed by atoms with Gasteiger partial charge in [-0.2, -0.15) is 0 Å². The van der Waals surface area contributed by atoms with E-state index >= 15 is 0 Å².